The first kappa shape index (κ1) is 13.8. The van der Waals surface area contributed by atoms with E-state index in [0.717, 1.165) is 30.9 Å². The summed E-state index contributed by atoms with van der Waals surface area (Å²) in [7, 11) is 4.17. The lowest BCUT2D eigenvalue weighted by Crippen LogP contribution is -2.45. The number of carboxylic acids is 1. The lowest BCUT2D eigenvalue weighted by molar-refractivity contribution is 0.0696. The van der Waals surface area contributed by atoms with Crippen molar-refractivity contribution in [3.63, 3.8) is 0 Å². The van der Waals surface area contributed by atoms with Gasteiger partial charge in [-0.05, 0) is 45.0 Å². The molecular weight excluding hydrogens is 242 g/mol. The number of carboxylic acid groups (broad SMARTS) is 1. The van der Waals surface area contributed by atoms with E-state index in [0.29, 0.717) is 6.04 Å². The molecule has 1 aromatic rings. The lowest BCUT2D eigenvalue weighted by atomic mass is 10.0. The number of hydrogen-bond acceptors (Lipinski definition) is 4. The van der Waals surface area contributed by atoms with E-state index in [9.17, 15) is 4.79 Å². The van der Waals surface area contributed by atoms with Gasteiger partial charge in [0.15, 0.2) is 0 Å². The molecule has 104 valence electrons. The number of nitrogens with zero attached hydrogens (tertiary/aromatic N) is 3. The quantitative estimate of drug-likeness (QED) is 0.898. The van der Waals surface area contributed by atoms with Crippen molar-refractivity contribution in [1.82, 2.24) is 9.88 Å². The summed E-state index contributed by atoms with van der Waals surface area (Å²) in [6.07, 6.45) is 3.79. The van der Waals surface area contributed by atoms with Gasteiger partial charge in [0, 0.05) is 25.8 Å². The molecule has 0 radical (unpaired) electrons. The highest BCUT2D eigenvalue weighted by atomic mass is 16.4. The van der Waals surface area contributed by atoms with Crippen molar-refractivity contribution in [3.05, 3.63) is 23.4 Å². The topological polar surface area (TPSA) is 56.7 Å². The molecule has 1 saturated heterocycles. The Bertz CT molecular complexity index is 476. The van der Waals surface area contributed by atoms with E-state index in [1.54, 1.807) is 6.07 Å². The Morgan fingerprint density at radius 2 is 2.32 bits per heavy atom. The van der Waals surface area contributed by atoms with Crippen LogP contribution in [0.5, 0.6) is 0 Å². The molecule has 0 aromatic carbocycles. The van der Waals surface area contributed by atoms with Crippen LogP contribution in [0.2, 0.25) is 0 Å². The second-order valence-electron chi connectivity index (χ2n) is 5.34. The van der Waals surface area contributed by atoms with E-state index in [2.05, 4.69) is 21.8 Å². The van der Waals surface area contributed by atoms with Gasteiger partial charge >= 0.3 is 5.97 Å². The molecule has 0 aliphatic carbocycles. The van der Waals surface area contributed by atoms with Gasteiger partial charge in [0.25, 0.3) is 0 Å². The van der Waals surface area contributed by atoms with Crippen LogP contribution in [0, 0.1) is 6.92 Å². The van der Waals surface area contributed by atoms with E-state index in [4.69, 9.17) is 5.11 Å². The SMILES string of the molecule is Cc1cc(C(=O)O)cnc1N(C)C1CCCN(C)C1. The largest absolute Gasteiger partial charge is 0.478 e. The van der Waals surface area contributed by atoms with E-state index >= 15 is 0 Å². The zero-order chi connectivity index (χ0) is 14.0. The minimum atomic E-state index is -0.929. The highest BCUT2D eigenvalue weighted by molar-refractivity contribution is 5.87. The average molecular weight is 263 g/mol. The summed E-state index contributed by atoms with van der Waals surface area (Å²) < 4.78 is 0. The van der Waals surface area contributed by atoms with Gasteiger partial charge in [-0.2, -0.15) is 0 Å². The Kier molecular flexibility index (Phi) is 4.04. The summed E-state index contributed by atoms with van der Waals surface area (Å²) in [6, 6.07) is 2.13. The van der Waals surface area contributed by atoms with Crippen molar-refractivity contribution in [2.45, 2.75) is 25.8 Å². The van der Waals surface area contributed by atoms with Crippen molar-refractivity contribution in [2.24, 2.45) is 0 Å². The average Bonchev–Trinajstić information content (AvgIpc) is 2.37. The van der Waals surface area contributed by atoms with Crippen LogP contribution in [-0.2, 0) is 0 Å². The van der Waals surface area contributed by atoms with Gasteiger partial charge in [-0.15, -0.1) is 0 Å². The van der Waals surface area contributed by atoms with Crippen molar-refractivity contribution in [2.75, 3.05) is 32.1 Å². The minimum Gasteiger partial charge on any atom is -0.478 e. The number of aromatic carboxylic acids is 1. The number of carbonyl (C=O) groups is 1. The standard InChI is InChI=1S/C14H21N3O2/c1-10-7-11(14(18)19)8-15-13(10)17(3)12-5-4-6-16(2)9-12/h7-8,12H,4-6,9H2,1-3H3,(H,18,19). The van der Waals surface area contributed by atoms with Crippen LogP contribution >= 0.6 is 0 Å². The van der Waals surface area contributed by atoms with Gasteiger partial charge in [-0.3, -0.25) is 0 Å². The number of anilines is 1. The summed E-state index contributed by atoms with van der Waals surface area (Å²) in [5.41, 5.74) is 1.16. The molecule has 1 atom stereocenters. The second kappa shape index (κ2) is 5.57. The first-order valence-corrected chi connectivity index (χ1v) is 6.60. The highest BCUT2D eigenvalue weighted by Gasteiger charge is 2.23. The van der Waals surface area contributed by atoms with E-state index in [1.807, 2.05) is 14.0 Å². The number of aryl methyl sites for hydroxylation is 1. The van der Waals surface area contributed by atoms with Crippen molar-refractivity contribution < 1.29 is 9.90 Å². The minimum absolute atomic E-state index is 0.246. The van der Waals surface area contributed by atoms with Gasteiger partial charge in [0.05, 0.1) is 5.56 Å². The van der Waals surface area contributed by atoms with Crippen molar-refractivity contribution in [1.29, 1.82) is 0 Å². The molecule has 1 aliphatic rings. The predicted molar refractivity (Wildman–Crippen MR) is 74.9 cm³/mol. The molecule has 0 bridgehead atoms. The predicted octanol–water partition coefficient (Wildman–Crippen LogP) is 1.62. The van der Waals surface area contributed by atoms with Crippen LogP contribution in [0.4, 0.5) is 5.82 Å². The molecule has 19 heavy (non-hydrogen) atoms. The van der Waals surface area contributed by atoms with Crippen molar-refractivity contribution >= 4 is 11.8 Å². The maximum atomic E-state index is 10.9. The van der Waals surface area contributed by atoms with Gasteiger partial charge < -0.3 is 14.9 Å². The zero-order valence-corrected chi connectivity index (χ0v) is 11.8. The molecule has 5 nitrogen and oxygen atoms in total. The van der Waals surface area contributed by atoms with E-state index < -0.39 is 5.97 Å². The monoisotopic (exact) mass is 263 g/mol. The molecule has 0 saturated carbocycles. The number of aromatic nitrogens is 1. The Hall–Kier alpha value is -1.62. The first-order chi connectivity index (χ1) is 8.99. The highest BCUT2D eigenvalue weighted by Crippen LogP contribution is 2.22. The molecular formula is C14H21N3O2. The molecule has 2 rings (SSSR count). The molecule has 1 N–H and O–H groups in total. The van der Waals surface area contributed by atoms with Crippen LogP contribution in [0.15, 0.2) is 12.3 Å². The molecule has 1 aromatic heterocycles. The van der Waals surface area contributed by atoms with Gasteiger partial charge in [-0.1, -0.05) is 0 Å². The summed E-state index contributed by atoms with van der Waals surface area (Å²) in [5, 5.41) is 8.96. The molecule has 1 fully saturated rings. The number of likely N-dealkylation sites (N-methyl/N-ethyl adjacent to an activating group) is 2. The van der Waals surface area contributed by atoms with Gasteiger partial charge in [0.1, 0.15) is 5.82 Å². The summed E-state index contributed by atoms with van der Waals surface area (Å²) in [6.45, 7) is 4.09. The molecule has 0 spiro atoms. The Morgan fingerprint density at radius 1 is 1.58 bits per heavy atom. The van der Waals surface area contributed by atoms with E-state index in [-0.39, 0.29) is 5.56 Å². The van der Waals surface area contributed by atoms with Crippen LogP contribution in [0.3, 0.4) is 0 Å². The van der Waals surface area contributed by atoms with Gasteiger partial charge in [-0.25, -0.2) is 9.78 Å². The summed E-state index contributed by atoms with van der Waals surface area (Å²) in [4.78, 5) is 19.7. The van der Waals surface area contributed by atoms with Crippen LogP contribution in [0.1, 0.15) is 28.8 Å². The third kappa shape index (κ3) is 3.04. The summed E-state index contributed by atoms with van der Waals surface area (Å²) >= 11 is 0. The van der Waals surface area contributed by atoms with Crippen LogP contribution < -0.4 is 4.90 Å². The number of pyridine rings is 1. The third-order valence-electron chi connectivity index (χ3n) is 3.78. The number of hydrogen-bond donors (Lipinski definition) is 1. The number of rotatable bonds is 3. The fraction of sp³-hybridized carbons (Fsp3) is 0.571. The Morgan fingerprint density at radius 3 is 2.89 bits per heavy atom. The van der Waals surface area contributed by atoms with Crippen LogP contribution in [-0.4, -0.2) is 54.2 Å². The van der Waals surface area contributed by atoms with E-state index in [1.165, 1.54) is 12.6 Å². The first-order valence-electron chi connectivity index (χ1n) is 6.60. The molecule has 2 heterocycles. The molecule has 5 heteroatoms. The number of likely N-dealkylation sites (tertiary alicyclic amines) is 1. The van der Waals surface area contributed by atoms with Crippen molar-refractivity contribution in [3.8, 4) is 0 Å². The van der Waals surface area contributed by atoms with Crippen LogP contribution in [0.25, 0.3) is 0 Å². The maximum Gasteiger partial charge on any atom is 0.337 e. The Labute approximate surface area is 113 Å². The maximum absolute atomic E-state index is 10.9. The second-order valence-corrected chi connectivity index (χ2v) is 5.34. The lowest BCUT2D eigenvalue weighted by Gasteiger charge is -2.37. The third-order valence-corrected chi connectivity index (χ3v) is 3.78. The molecule has 0 amide bonds. The number of piperidine rings is 1. The van der Waals surface area contributed by atoms with Gasteiger partial charge in [0.2, 0.25) is 0 Å². The fourth-order valence-electron chi connectivity index (χ4n) is 2.68. The fourth-order valence-corrected chi connectivity index (χ4v) is 2.68. The zero-order valence-electron chi connectivity index (χ0n) is 11.8. The summed E-state index contributed by atoms with van der Waals surface area (Å²) in [5.74, 6) is -0.0486. The molecule has 1 unspecified atom stereocenters. The normalized spacial score (nSPS) is 20.3. The smallest absolute Gasteiger partial charge is 0.337 e. The molecule has 1 aliphatic heterocycles. The Balaban J connectivity index is 2.19.